The Balaban J connectivity index is 1.91. The number of nitrogens with zero attached hydrogens (tertiary/aromatic N) is 1. The normalized spacial score (nSPS) is 22.4. The van der Waals surface area contributed by atoms with Crippen LogP contribution in [-0.2, 0) is 4.74 Å². The molecule has 18 heavy (non-hydrogen) atoms. The summed E-state index contributed by atoms with van der Waals surface area (Å²) in [6.45, 7) is 2.69. The fourth-order valence-corrected chi connectivity index (χ4v) is 2.42. The molecule has 0 unspecified atom stereocenters. The van der Waals surface area contributed by atoms with Gasteiger partial charge in [0, 0.05) is 23.3 Å². The highest BCUT2D eigenvalue weighted by Crippen LogP contribution is 2.24. The molecular weight excluding hydrogens is 320 g/mol. The molecule has 1 saturated carbocycles. The summed E-state index contributed by atoms with van der Waals surface area (Å²) >= 11 is 9.17. The number of hydrogen-bond acceptors (Lipinski definition) is 3. The van der Waals surface area contributed by atoms with Crippen LogP contribution >= 0.6 is 27.5 Å². The van der Waals surface area contributed by atoms with E-state index in [1.165, 1.54) is 0 Å². The number of rotatable bonds is 4. The highest BCUT2D eigenvalue weighted by Gasteiger charge is 2.31. The van der Waals surface area contributed by atoms with E-state index in [-0.39, 0.29) is 23.2 Å². The molecule has 1 fully saturated rings. The lowest BCUT2D eigenvalue weighted by atomic mass is 9.89. The van der Waals surface area contributed by atoms with Crippen LogP contribution < -0.4 is 5.32 Å². The van der Waals surface area contributed by atoms with Crippen LogP contribution in [0, 0.1) is 0 Å². The van der Waals surface area contributed by atoms with Crippen LogP contribution in [0.25, 0.3) is 0 Å². The highest BCUT2D eigenvalue weighted by atomic mass is 79.9. The molecule has 0 atom stereocenters. The topological polar surface area (TPSA) is 51.2 Å². The molecule has 1 aliphatic rings. The standard InChI is InChI=1S/C12H14BrClN2O2/c1-2-18-9-4-8(5-9)16-12(17)10-3-7(13)6-15-11(10)14/h3,6,8-9H,2,4-5H2,1H3,(H,16,17). The number of halogens is 2. The van der Waals surface area contributed by atoms with E-state index in [1.54, 1.807) is 12.3 Å². The van der Waals surface area contributed by atoms with Crippen molar-refractivity contribution in [1.29, 1.82) is 0 Å². The second-order valence-corrected chi connectivity index (χ2v) is 5.48. The second kappa shape index (κ2) is 5.99. The summed E-state index contributed by atoms with van der Waals surface area (Å²) in [5.41, 5.74) is 0.394. The Morgan fingerprint density at radius 2 is 2.39 bits per heavy atom. The quantitative estimate of drug-likeness (QED) is 0.862. The summed E-state index contributed by atoms with van der Waals surface area (Å²) in [6.07, 6.45) is 3.56. The van der Waals surface area contributed by atoms with Gasteiger partial charge in [-0.25, -0.2) is 4.98 Å². The van der Waals surface area contributed by atoms with Crippen LogP contribution in [0.4, 0.5) is 0 Å². The van der Waals surface area contributed by atoms with Gasteiger partial charge in [-0.15, -0.1) is 0 Å². The molecule has 0 aliphatic heterocycles. The zero-order chi connectivity index (χ0) is 13.1. The first kappa shape index (κ1) is 13.8. The van der Waals surface area contributed by atoms with Crippen molar-refractivity contribution in [3.8, 4) is 0 Å². The van der Waals surface area contributed by atoms with E-state index in [0.717, 1.165) is 17.3 Å². The van der Waals surface area contributed by atoms with Crippen LogP contribution in [0.1, 0.15) is 30.1 Å². The molecule has 1 amide bonds. The molecule has 2 rings (SSSR count). The number of pyridine rings is 1. The Morgan fingerprint density at radius 3 is 3.06 bits per heavy atom. The third-order valence-corrected chi connectivity index (χ3v) is 3.62. The van der Waals surface area contributed by atoms with Crippen molar-refractivity contribution < 1.29 is 9.53 Å². The van der Waals surface area contributed by atoms with Crippen molar-refractivity contribution in [2.45, 2.75) is 31.9 Å². The van der Waals surface area contributed by atoms with Crippen LogP contribution in [0.5, 0.6) is 0 Å². The number of hydrogen-bond donors (Lipinski definition) is 1. The predicted octanol–water partition coefficient (Wildman–Crippen LogP) is 2.79. The van der Waals surface area contributed by atoms with Crippen molar-refractivity contribution >= 4 is 33.4 Å². The third kappa shape index (κ3) is 3.22. The maximum Gasteiger partial charge on any atom is 0.254 e. The zero-order valence-electron chi connectivity index (χ0n) is 9.95. The first-order valence-electron chi connectivity index (χ1n) is 5.83. The summed E-state index contributed by atoms with van der Waals surface area (Å²) in [7, 11) is 0. The van der Waals surface area contributed by atoms with Gasteiger partial charge in [-0.1, -0.05) is 11.6 Å². The predicted molar refractivity (Wildman–Crippen MR) is 72.8 cm³/mol. The minimum Gasteiger partial charge on any atom is -0.378 e. The smallest absolute Gasteiger partial charge is 0.254 e. The van der Waals surface area contributed by atoms with Gasteiger partial charge in [0.05, 0.1) is 11.7 Å². The Labute approximate surface area is 119 Å². The fourth-order valence-electron chi connectivity index (χ4n) is 1.90. The van der Waals surface area contributed by atoms with Gasteiger partial charge >= 0.3 is 0 Å². The van der Waals surface area contributed by atoms with Gasteiger partial charge in [-0.2, -0.15) is 0 Å². The molecule has 0 radical (unpaired) electrons. The van der Waals surface area contributed by atoms with Gasteiger partial charge < -0.3 is 10.1 Å². The van der Waals surface area contributed by atoms with Crippen molar-refractivity contribution in [3.05, 3.63) is 27.5 Å². The summed E-state index contributed by atoms with van der Waals surface area (Å²) in [5, 5.41) is 3.14. The maximum absolute atomic E-state index is 12.0. The van der Waals surface area contributed by atoms with E-state index in [9.17, 15) is 4.79 Å². The summed E-state index contributed by atoms with van der Waals surface area (Å²) in [6, 6.07) is 1.84. The Morgan fingerprint density at radius 1 is 1.67 bits per heavy atom. The van der Waals surface area contributed by atoms with E-state index >= 15 is 0 Å². The fraction of sp³-hybridized carbons (Fsp3) is 0.500. The molecule has 0 spiro atoms. The average Bonchev–Trinajstić information content (AvgIpc) is 2.29. The SMILES string of the molecule is CCOC1CC(NC(=O)c2cc(Br)cnc2Cl)C1. The Kier molecular flexibility index (Phi) is 4.59. The second-order valence-electron chi connectivity index (χ2n) is 4.21. The molecule has 1 aromatic heterocycles. The van der Waals surface area contributed by atoms with Crippen molar-refractivity contribution in [2.24, 2.45) is 0 Å². The Hall–Kier alpha value is -0.650. The van der Waals surface area contributed by atoms with Gasteiger partial charge in [0.25, 0.3) is 5.91 Å². The molecule has 1 aliphatic carbocycles. The molecule has 0 bridgehead atoms. The van der Waals surface area contributed by atoms with E-state index in [1.807, 2.05) is 6.92 Å². The van der Waals surface area contributed by atoms with Crippen molar-refractivity contribution in [3.63, 3.8) is 0 Å². The maximum atomic E-state index is 12.0. The summed E-state index contributed by atoms with van der Waals surface area (Å²) in [5.74, 6) is -0.186. The van der Waals surface area contributed by atoms with Crippen LogP contribution in [0.3, 0.4) is 0 Å². The summed E-state index contributed by atoms with van der Waals surface area (Å²) in [4.78, 5) is 15.9. The van der Waals surface area contributed by atoms with Gasteiger partial charge in [-0.05, 0) is 41.8 Å². The van der Waals surface area contributed by atoms with E-state index in [2.05, 4.69) is 26.2 Å². The van der Waals surface area contributed by atoms with E-state index < -0.39 is 0 Å². The summed E-state index contributed by atoms with van der Waals surface area (Å²) < 4.78 is 6.18. The molecule has 0 aromatic carbocycles. The molecule has 0 saturated heterocycles. The number of ether oxygens (including phenoxy) is 1. The van der Waals surface area contributed by atoms with Gasteiger partial charge in [0.15, 0.2) is 0 Å². The number of nitrogens with one attached hydrogen (secondary N) is 1. The van der Waals surface area contributed by atoms with Gasteiger partial charge in [0.1, 0.15) is 5.15 Å². The number of carbonyl (C=O) groups is 1. The van der Waals surface area contributed by atoms with Crippen LogP contribution in [0.15, 0.2) is 16.7 Å². The minimum atomic E-state index is -0.186. The molecule has 1 heterocycles. The van der Waals surface area contributed by atoms with Crippen molar-refractivity contribution in [1.82, 2.24) is 10.3 Å². The highest BCUT2D eigenvalue weighted by molar-refractivity contribution is 9.10. The molecule has 1 aromatic rings. The van der Waals surface area contributed by atoms with Crippen molar-refractivity contribution in [2.75, 3.05) is 6.61 Å². The van der Waals surface area contributed by atoms with Crippen LogP contribution in [-0.4, -0.2) is 29.6 Å². The Bertz CT molecular complexity index is 450. The molecule has 1 N–H and O–H groups in total. The molecule has 98 valence electrons. The van der Waals surface area contributed by atoms with E-state index in [4.69, 9.17) is 16.3 Å². The largest absolute Gasteiger partial charge is 0.378 e. The number of carbonyl (C=O) groups excluding carboxylic acids is 1. The average molecular weight is 334 g/mol. The monoisotopic (exact) mass is 332 g/mol. The number of aromatic nitrogens is 1. The molecule has 6 heteroatoms. The first-order chi connectivity index (χ1) is 8.60. The minimum absolute atomic E-state index is 0.170. The molecule has 4 nitrogen and oxygen atoms in total. The number of amides is 1. The lowest BCUT2D eigenvalue weighted by molar-refractivity contribution is -0.00862. The third-order valence-electron chi connectivity index (χ3n) is 2.88. The van der Waals surface area contributed by atoms with E-state index in [0.29, 0.717) is 12.2 Å². The van der Waals surface area contributed by atoms with Gasteiger partial charge in [0.2, 0.25) is 0 Å². The first-order valence-corrected chi connectivity index (χ1v) is 7.00. The lowest BCUT2D eigenvalue weighted by Gasteiger charge is -2.35. The lowest BCUT2D eigenvalue weighted by Crippen LogP contribution is -2.47. The van der Waals surface area contributed by atoms with Crippen LogP contribution in [0.2, 0.25) is 5.15 Å². The zero-order valence-corrected chi connectivity index (χ0v) is 12.3. The molecular formula is C12H14BrClN2O2. The van der Waals surface area contributed by atoms with Gasteiger partial charge in [-0.3, -0.25) is 4.79 Å².